The number of thioether (sulfide) groups is 1. The Bertz CT molecular complexity index is 981. The van der Waals surface area contributed by atoms with Crippen LogP contribution in [-0.4, -0.2) is 49.2 Å². The van der Waals surface area contributed by atoms with Crippen LogP contribution < -0.4 is 4.90 Å². The van der Waals surface area contributed by atoms with Crippen LogP contribution in [0.15, 0.2) is 41.3 Å². The predicted molar refractivity (Wildman–Crippen MR) is 122 cm³/mol. The smallest absolute Gasteiger partial charge is 0.261 e. The highest BCUT2D eigenvalue weighted by Crippen LogP contribution is 2.33. The van der Waals surface area contributed by atoms with Gasteiger partial charge in [-0.1, -0.05) is 29.5 Å². The molecule has 0 saturated carbocycles. The second kappa shape index (κ2) is 9.07. The molecule has 0 aliphatic carbocycles. The van der Waals surface area contributed by atoms with Crippen LogP contribution in [0.3, 0.4) is 0 Å². The fraction of sp³-hybridized carbons (Fsp3) is 0.364. The zero-order chi connectivity index (χ0) is 20.3. The summed E-state index contributed by atoms with van der Waals surface area (Å²) in [5.74, 6) is 0.0251. The third kappa shape index (κ3) is 4.57. The number of rotatable bonds is 7. The van der Waals surface area contributed by atoms with Crippen molar-refractivity contribution in [1.29, 1.82) is 0 Å². The molecule has 2 aromatic carbocycles. The number of benzene rings is 2. The van der Waals surface area contributed by atoms with Gasteiger partial charge in [-0.2, -0.15) is 0 Å². The van der Waals surface area contributed by atoms with Gasteiger partial charge in [0.05, 0.1) is 15.8 Å². The van der Waals surface area contributed by atoms with Gasteiger partial charge in [-0.25, -0.2) is 4.98 Å². The first kappa shape index (κ1) is 20.8. The molecule has 3 aromatic rings. The molecule has 0 N–H and O–H groups in total. The summed E-state index contributed by atoms with van der Waals surface area (Å²) in [4.78, 5) is 23.4. The number of thiazole rings is 1. The molecule has 1 amide bonds. The first-order valence-electron chi connectivity index (χ1n) is 9.38. The third-order valence-corrected chi connectivity index (χ3v) is 6.44. The third-order valence-electron chi connectivity index (χ3n) is 4.62. The van der Waals surface area contributed by atoms with Crippen molar-refractivity contribution in [2.75, 3.05) is 38.3 Å². The van der Waals surface area contributed by atoms with E-state index in [1.807, 2.05) is 35.4 Å². The molecule has 0 bridgehead atoms. The van der Waals surface area contributed by atoms with Crippen molar-refractivity contribution in [1.82, 2.24) is 9.88 Å². The Morgan fingerprint density at radius 3 is 2.61 bits per heavy atom. The number of anilines is 1. The monoisotopic (exact) mass is 413 g/mol. The van der Waals surface area contributed by atoms with Gasteiger partial charge < -0.3 is 4.90 Å². The van der Waals surface area contributed by atoms with Gasteiger partial charge in [0, 0.05) is 11.4 Å². The molecule has 0 radical (unpaired) electrons. The van der Waals surface area contributed by atoms with E-state index in [-0.39, 0.29) is 5.91 Å². The summed E-state index contributed by atoms with van der Waals surface area (Å²) in [6.07, 6.45) is 2.90. The average Bonchev–Trinajstić information content (AvgIpc) is 3.08. The largest absolute Gasteiger partial charge is 0.309 e. The molecule has 4 nitrogen and oxygen atoms in total. The van der Waals surface area contributed by atoms with E-state index >= 15 is 0 Å². The first-order chi connectivity index (χ1) is 13.4. The number of hydrogen-bond donors (Lipinski definition) is 0. The number of carbonyl (C=O) groups is 1. The Balaban J connectivity index is 2.01. The Labute approximate surface area is 175 Å². The van der Waals surface area contributed by atoms with Crippen molar-refractivity contribution in [2.45, 2.75) is 25.2 Å². The van der Waals surface area contributed by atoms with Crippen LogP contribution in [0.1, 0.15) is 27.9 Å². The van der Waals surface area contributed by atoms with Crippen molar-refractivity contribution in [3.63, 3.8) is 0 Å². The topological polar surface area (TPSA) is 36.4 Å². The van der Waals surface area contributed by atoms with Crippen LogP contribution in [0, 0.1) is 13.8 Å². The van der Waals surface area contributed by atoms with Crippen molar-refractivity contribution >= 4 is 44.4 Å². The molecule has 0 saturated heterocycles. The summed E-state index contributed by atoms with van der Waals surface area (Å²) in [6.45, 7) is 5.76. The molecule has 0 aliphatic rings. The van der Waals surface area contributed by atoms with Gasteiger partial charge in [-0.15, -0.1) is 11.8 Å². The van der Waals surface area contributed by atoms with Crippen LogP contribution in [0.4, 0.5) is 5.13 Å². The number of hydrogen-bond acceptors (Lipinski definition) is 5. The lowest BCUT2D eigenvalue weighted by molar-refractivity contribution is 0.0983. The van der Waals surface area contributed by atoms with Crippen molar-refractivity contribution in [3.05, 3.63) is 53.1 Å². The summed E-state index contributed by atoms with van der Waals surface area (Å²) in [5, 5.41) is 0.781. The fourth-order valence-electron chi connectivity index (χ4n) is 3.27. The van der Waals surface area contributed by atoms with Crippen LogP contribution in [0.5, 0.6) is 0 Å². The molecule has 3 rings (SSSR count). The Morgan fingerprint density at radius 1 is 1.14 bits per heavy atom. The van der Waals surface area contributed by atoms with E-state index in [0.29, 0.717) is 6.54 Å². The summed E-state index contributed by atoms with van der Waals surface area (Å²) in [7, 11) is 4.11. The normalized spacial score (nSPS) is 11.4. The maximum Gasteiger partial charge on any atom is 0.261 e. The Morgan fingerprint density at radius 2 is 1.89 bits per heavy atom. The summed E-state index contributed by atoms with van der Waals surface area (Å²) in [6, 6.07) is 12.1. The molecule has 0 atom stereocenters. The number of amides is 1. The van der Waals surface area contributed by atoms with Crippen LogP contribution >= 0.6 is 23.1 Å². The average molecular weight is 414 g/mol. The number of aryl methyl sites for hydroxylation is 2. The van der Waals surface area contributed by atoms with E-state index in [4.69, 9.17) is 4.98 Å². The summed E-state index contributed by atoms with van der Waals surface area (Å²) in [5.41, 5.74) is 4.11. The maximum atomic E-state index is 13.5. The van der Waals surface area contributed by atoms with Gasteiger partial charge in [-0.05, 0) is 76.5 Å². The number of aromatic nitrogens is 1. The summed E-state index contributed by atoms with van der Waals surface area (Å²) >= 11 is 3.20. The molecule has 1 aromatic heterocycles. The van der Waals surface area contributed by atoms with Gasteiger partial charge in [0.25, 0.3) is 5.91 Å². The zero-order valence-electron chi connectivity index (χ0n) is 17.2. The standard InChI is InChI=1S/C22H27N3OS2/c1-15-13-16(2)20-19(14-15)28-22(23-20)25(12-8-11-24(3)4)21(26)17-9-6-7-10-18(17)27-5/h6-7,9-10,13-14H,8,11-12H2,1-5H3. The van der Waals surface area contributed by atoms with Gasteiger partial charge in [0.1, 0.15) is 0 Å². The minimum absolute atomic E-state index is 0.0251. The van der Waals surface area contributed by atoms with Gasteiger partial charge in [0.2, 0.25) is 0 Å². The quantitative estimate of drug-likeness (QED) is 0.497. The molecule has 28 heavy (non-hydrogen) atoms. The molecule has 0 fully saturated rings. The number of fused-ring (bicyclic) bond motifs is 1. The first-order valence-corrected chi connectivity index (χ1v) is 11.4. The lowest BCUT2D eigenvalue weighted by Gasteiger charge is -2.22. The summed E-state index contributed by atoms with van der Waals surface area (Å²) < 4.78 is 1.14. The zero-order valence-corrected chi connectivity index (χ0v) is 18.8. The minimum atomic E-state index is 0.0251. The SMILES string of the molecule is CSc1ccccc1C(=O)N(CCCN(C)C)c1nc2c(C)cc(C)cc2s1. The second-order valence-corrected chi connectivity index (χ2v) is 9.10. The predicted octanol–water partition coefficient (Wildman–Crippen LogP) is 5.23. The highest BCUT2D eigenvalue weighted by atomic mass is 32.2. The van der Waals surface area contributed by atoms with Gasteiger partial charge in [-0.3, -0.25) is 9.69 Å². The number of carbonyl (C=O) groups excluding carboxylic acids is 1. The van der Waals surface area contributed by atoms with E-state index in [2.05, 4.69) is 45.0 Å². The van der Waals surface area contributed by atoms with Gasteiger partial charge in [0.15, 0.2) is 5.13 Å². The van der Waals surface area contributed by atoms with Crippen LogP contribution in [0.2, 0.25) is 0 Å². The van der Waals surface area contributed by atoms with Crippen LogP contribution in [-0.2, 0) is 0 Å². The molecular weight excluding hydrogens is 386 g/mol. The Hall–Kier alpha value is -1.89. The molecule has 148 valence electrons. The van der Waals surface area contributed by atoms with Crippen LogP contribution in [0.25, 0.3) is 10.2 Å². The van der Waals surface area contributed by atoms with Crippen molar-refractivity contribution < 1.29 is 4.79 Å². The van der Waals surface area contributed by atoms with Crippen molar-refractivity contribution in [3.8, 4) is 0 Å². The van der Waals surface area contributed by atoms with E-state index in [1.54, 1.807) is 23.1 Å². The van der Waals surface area contributed by atoms with E-state index < -0.39 is 0 Å². The molecule has 0 unspecified atom stereocenters. The van der Waals surface area contributed by atoms with Gasteiger partial charge >= 0.3 is 0 Å². The molecule has 6 heteroatoms. The lowest BCUT2D eigenvalue weighted by Crippen LogP contribution is -2.33. The second-order valence-electron chi connectivity index (χ2n) is 7.24. The van der Waals surface area contributed by atoms with E-state index in [0.717, 1.165) is 44.3 Å². The molecule has 1 heterocycles. The maximum absolute atomic E-state index is 13.5. The highest BCUT2D eigenvalue weighted by molar-refractivity contribution is 7.98. The highest BCUT2D eigenvalue weighted by Gasteiger charge is 2.23. The molecular formula is C22H27N3OS2. The van der Waals surface area contributed by atoms with Crippen molar-refractivity contribution in [2.24, 2.45) is 0 Å². The van der Waals surface area contributed by atoms with E-state index in [9.17, 15) is 4.79 Å². The lowest BCUT2D eigenvalue weighted by atomic mass is 10.1. The minimum Gasteiger partial charge on any atom is -0.309 e. The Kier molecular flexibility index (Phi) is 6.75. The number of nitrogens with zero attached hydrogens (tertiary/aromatic N) is 3. The molecule has 0 aliphatic heterocycles. The van der Waals surface area contributed by atoms with E-state index in [1.165, 1.54) is 5.56 Å². The molecule has 0 spiro atoms. The fourth-order valence-corrected chi connectivity index (χ4v) is 5.03.